The van der Waals surface area contributed by atoms with Gasteiger partial charge in [0.1, 0.15) is 11.9 Å². The molecule has 176 valence electrons. The maximum absolute atomic E-state index is 13.1. The van der Waals surface area contributed by atoms with Gasteiger partial charge in [-0.1, -0.05) is 37.6 Å². The molecule has 1 atom stereocenters. The van der Waals surface area contributed by atoms with Crippen LogP contribution in [0.15, 0.2) is 72.8 Å². The second-order valence-electron chi connectivity index (χ2n) is 8.08. The number of benzene rings is 3. The highest BCUT2D eigenvalue weighted by Gasteiger charge is 2.24. The third-order valence-electron chi connectivity index (χ3n) is 5.10. The molecular weight excluding hydrogens is 457 g/mol. The van der Waals surface area contributed by atoms with Gasteiger partial charge in [0.2, 0.25) is 5.91 Å². The van der Waals surface area contributed by atoms with Crippen LogP contribution in [-0.4, -0.2) is 23.8 Å². The lowest BCUT2D eigenvalue weighted by Gasteiger charge is -2.22. The molecule has 3 amide bonds. The summed E-state index contributed by atoms with van der Waals surface area (Å²) in [6, 6.07) is 17.9. The Labute approximate surface area is 202 Å². The first-order chi connectivity index (χ1) is 16.2. The fourth-order valence-electron chi connectivity index (χ4n) is 3.22. The number of carbonyl (C=O) groups excluding carboxylic acids is 3. The zero-order valence-electron chi connectivity index (χ0n) is 18.8. The van der Waals surface area contributed by atoms with Gasteiger partial charge in [-0.2, -0.15) is 0 Å². The highest BCUT2D eigenvalue weighted by molar-refractivity contribution is 6.30. The standard InChI is InChI=1S/C26H25ClFN3O3/c1-16(2)23(31-25(33)18-6-10-20(27)11-7-18)26(34)29-15-17-4-3-5-22(14-17)30-24(32)19-8-12-21(28)13-9-19/h3-14,16,23H,15H2,1-2H3,(H,29,34)(H,30,32)(H,31,33). The van der Waals surface area contributed by atoms with Crippen molar-refractivity contribution in [1.82, 2.24) is 10.6 Å². The highest BCUT2D eigenvalue weighted by Crippen LogP contribution is 2.14. The van der Waals surface area contributed by atoms with Crippen molar-refractivity contribution in [2.75, 3.05) is 5.32 Å². The van der Waals surface area contributed by atoms with Crippen molar-refractivity contribution in [3.63, 3.8) is 0 Å². The smallest absolute Gasteiger partial charge is 0.255 e. The lowest BCUT2D eigenvalue weighted by Crippen LogP contribution is -2.49. The number of rotatable bonds is 8. The minimum Gasteiger partial charge on any atom is -0.350 e. The summed E-state index contributed by atoms with van der Waals surface area (Å²) in [7, 11) is 0. The van der Waals surface area contributed by atoms with E-state index in [0.29, 0.717) is 21.8 Å². The normalized spacial score (nSPS) is 11.6. The van der Waals surface area contributed by atoms with E-state index in [4.69, 9.17) is 11.6 Å². The van der Waals surface area contributed by atoms with E-state index in [0.717, 1.165) is 5.56 Å². The molecule has 0 aliphatic carbocycles. The third-order valence-corrected chi connectivity index (χ3v) is 5.35. The SMILES string of the molecule is CC(C)C(NC(=O)c1ccc(Cl)cc1)C(=O)NCc1cccc(NC(=O)c2ccc(F)cc2)c1. The lowest BCUT2D eigenvalue weighted by molar-refractivity contribution is -0.124. The van der Waals surface area contributed by atoms with Crippen LogP contribution < -0.4 is 16.0 Å². The van der Waals surface area contributed by atoms with Crippen LogP contribution in [0.5, 0.6) is 0 Å². The van der Waals surface area contributed by atoms with Crippen molar-refractivity contribution in [2.24, 2.45) is 5.92 Å². The second kappa shape index (κ2) is 11.4. The van der Waals surface area contributed by atoms with Crippen molar-refractivity contribution >= 4 is 35.0 Å². The molecular formula is C26H25ClFN3O3. The predicted molar refractivity (Wildman–Crippen MR) is 130 cm³/mol. The molecule has 3 aromatic carbocycles. The quantitative estimate of drug-likeness (QED) is 0.432. The Morgan fingerprint density at radius 3 is 2.15 bits per heavy atom. The molecule has 3 N–H and O–H groups in total. The molecule has 1 unspecified atom stereocenters. The summed E-state index contributed by atoms with van der Waals surface area (Å²) < 4.78 is 13.1. The van der Waals surface area contributed by atoms with Crippen LogP contribution >= 0.6 is 11.6 Å². The van der Waals surface area contributed by atoms with Crippen LogP contribution in [0, 0.1) is 11.7 Å². The first-order valence-electron chi connectivity index (χ1n) is 10.7. The summed E-state index contributed by atoms with van der Waals surface area (Å²) >= 11 is 5.87. The number of hydrogen-bond donors (Lipinski definition) is 3. The Bertz CT molecular complexity index is 1160. The number of nitrogens with one attached hydrogen (secondary N) is 3. The van der Waals surface area contributed by atoms with Gasteiger partial charge in [0.15, 0.2) is 0 Å². The fraction of sp³-hybridized carbons (Fsp3) is 0.192. The molecule has 0 fully saturated rings. The van der Waals surface area contributed by atoms with Crippen molar-refractivity contribution in [3.05, 3.63) is 100 Å². The van der Waals surface area contributed by atoms with Gasteiger partial charge < -0.3 is 16.0 Å². The molecule has 3 rings (SSSR count). The molecule has 0 aromatic heterocycles. The molecule has 0 saturated carbocycles. The average molecular weight is 482 g/mol. The van der Waals surface area contributed by atoms with Crippen LogP contribution in [0.25, 0.3) is 0 Å². The first-order valence-corrected chi connectivity index (χ1v) is 11.1. The van der Waals surface area contributed by atoms with E-state index >= 15 is 0 Å². The van der Waals surface area contributed by atoms with E-state index in [1.165, 1.54) is 24.3 Å². The van der Waals surface area contributed by atoms with Crippen molar-refractivity contribution < 1.29 is 18.8 Å². The summed E-state index contributed by atoms with van der Waals surface area (Å²) in [4.78, 5) is 37.7. The Balaban J connectivity index is 1.60. The summed E-state index contributed by atoms with van der Waals surface area (Å²) in [5.74, 6) is -1.61. The average Bonchev–Trinajstić information content (AvgIpc) is 2.81. The number of carbonyl (C=O) groups is 3. The predicted octanol–water partition coefficient (Wildman–Crippen LogP) is 4.80. The Hall–Kier alpha value is -3.71. The number of halogens is 2. The van der Waals surface area contributed by atoms with Crippen LogP contribution in [0.4, 0.5) is 10.1 Å². The molecule has 3 aromatic rings. The van der Waals surface area contributed by atoms with E-state index in [1.807, 2.05) is 19.9 Å². The van der Waals surface area contributed by atoms with Crippen molar-refractivity contribution in [3.8, 4) is 0 Å². The second-order valence-corrected chi connectivity index (χ2v) is 8.52. The number of hydrogen-bond acceptors (Lipinski definition) is 3. The Kier molecular flexibility index (Phi) is 8.38. The molecule has 6 nitrogen and oxygen atoms in total. The molecule has 0 spiro atoms. The van der Waals surface area contributed by atoms with Gasteiger partial charge in [0.05, 0.1) is 0 Å². The van der Waals surface area contributed by atoms with Gasteiger partial charge in [0.25, 0.3) is 11.8 Å². The summed E-state index contributed by atoms with van der Waals surface area (Å²) in [5.41, 5.74) is 2.04. The van der Waals surface area contributed by atoms with Gasteiger partial charge >= 0.3 is 0 Å². The molecule has 34 heavy (non-hydrogen) atoms. The van der Waals surface area contributed by atoms with Crippen LogP contribution in [-0.2, 0) is 11.3 Å². The minimum absolute atomic E-state index is 0.141. The van der Waals surface area contributed by atoms with Gasteiger partial charge in [-0.25, -0.2) is 4.39 Å². The summed E-state index contributed by atoms with van der Waals surface area (Å²) in [6.45, 7) is 3.90. The topological polar surface area (TPSA) is 87.3 Å². The zero-order chi connectivity index (χ0) is 24.7. The number of amides is 3. The van der Waals surface area contributed by atoms with Crippen molar-refractivity contribution in [1.29, 1.82) is 0 Å². The van der Waals surface area contributed by atoms with Crippen LogP contribution in [0.1, 0.15) is 40.1 Å². The molecule has 0 heterocycles. The highest BCUT2D eigenvalue weighted by atomic mass is 35.5. The van der Waals surface area contributed by atoms with Gasteiger partial charge in [-0.15, -0.1) is 0 Å². The molecule has 0 bridgehead atoms. The van der Waals surface area contributed by atoms with Crippen LogP contribution in [0.3, 0.4) is 0 Å². The fourth-order valence-corrected chi connectivity index (χ4v) is 3.35. The lowest BCUT2D eigenvalue weighted by atomic mass is 10.0. The monoisotopic (exact) mass is 481 g/mol. The molecule has 8 heteroatoms. The van der Waals surface area contributed by atoms with E-state index in [1.54, 1.807) is 42.5 Å². The van der Waals surface area contributed by atoms with Gasteiger partial charge in [0, 0.05) is 28.4 Å². The van der Waals surface area contributed by atoms with Crippen molar-refractivity contribution in [2.45, 2.75) is 26.4 Å². The van der Waals surface area contributed by atoms with Crippen LogP contribution in [0.2, 0.25) is 5.02 Å². The summed E-state index contributed by atoms with van der Waals surface area (Å²) in [5, 5.41) is 8.88. The minimum atomic E-state index is -0.732. The number of anilines is 1. The van der Waals surface area contributed by atoms with E-state index in [9.17, 15) is 18.8 Å². The zero-order valence-corrected chi connectivity index (χ0v) is 19.5. The molecule has 0 aliphatic heterocycles. The van der Waals surface area contributed by atoms with E-state index < -0.39 is 11.9 Å². The largest absolute Gasteiger partial charge is 0.350 e. The first kappa shape index (κ1) is 24.9. The summed E-state index contributed by atoms with van der Waals surface area (Å²) in [6.07, 6.45) is 0. The third kappa shape index (κ3) is 6.89. The Morgan fingerprint density at radius 1 is 0.882 bits per heavy atom. The van der Waals surface area contributed by atoms with Gasteiger partial charge in [-0.3, -0.25) is 14.4 Å². The van der Waals surface area contributed by atoms with E-state index in [2.05, 4.69) is 16.0 Å². The van der Waals surface area contributed by atoms with E-state index in [-0.39, 0.29) is 30.2 Å². The maximum atomic E-state index is 13.1. The molecule has 0 saturated heterocycles. The maximum Gasteiger partial charge on any atom is 0.255 e. The molecule has 0 aliphatic rings. The Morgan fingerprint density at radius 2 is 1.50 bits per heavy atom. The molecule has 0 radical (unpaired) electrons. The van der Waals surface area contributed by atoms with Gasteiger partial charge in [-0.05, 0) is 72.1 Å².